The number of aromatic carboxylic acids is 1. The Kier molecular flexibility index (Phi) is 3.99. The Balaban J connectivity index is 2.22. The van der Waals surface area contributed by atoms with Gasteiger partial charge in [0, 0.05) is 0 Å². The minimum Gasteiger partial charge on any atom is -0.478 e. The van der Waals surface area contributed by atoms with Gasteiger partial charge in [0.25, 0.3) is 0 Å². The number of carbonyl (C=O) groups is 1. The molecule has 0 bridgehead atoms. The zero-order chi connectivity index (χ0) is 14.7. The molecule has 0 saturated carbocycles. The topological polar surface area (TPSA) is 79.9 Å². The lowest BCUT2D eigenvalue weighted by atomic mass is 10.0. The van der Waals surface area contributed by atoms with Crippen molar-refractivity contribution in [3.8, 4) is 5.75 Å². The first kappa shape index (κ1) is 14.0. The third-order valence-corrected chi connectivity index (χ3v) is 2.59. The Labute approximate surface area is 112 Å². The smallest absolute Gasteiger partial charge is 0.387 e. The molecule has 0 aliphatic rings. The van der Waals surface area contributed by atoms with Crippen LogP contribution in [0.1, 0.15) is 27.8 Å². The number of furan rings is 1. The zero-order valence-corrected chi connectivity index (χ0v) is 9.99. The van der Waals surface area contributed by atoms with E-state index in [9.17, 15) is 18.7 Å². The third-order valence-electron chi connectivity index (χ3n) is 2.59. The van der Waals surface area contributed by atoms with Gasteiger partial charge in [-0.3, -0.25) is 0 Å². The first-order valence-electron chi connectivity index (χ1n) is 5.52. The Morgan fingerprint density at radius 3 is 2.40 bits per heavy atom. The number of ether oxygens (including phenoxy) is 1. The van der Waals surface area contributed by atoms with Crippen molar-refractivity contribution in [1.29, 1.82) is 0 Å². The van der Waals surface area contributed by atoms with E-state index in [1.165, 1.54) is 30.3 Å². The predicted molar refractivity (Wildman–Crippen MR) is 62.8 cm³/mol. The van der Waals surface area contributed by atoms with Crippen LogP contribution < -0.4 is 4.74 Å². The van der Waals surface area contributed by atoms with Gasteiger partial charge in [0.1, 0.15) is 17.4 Å². The number of alkyl halides is 2. The van der Waals surface area contributed by atoms with Gasteiger partial charge in [0.15, 0.2) is 5.76 Å². The number of hydrogen-bond donors (Lipinski definition) is 2. The first-order chi connectivity index (χ1) is 9.49. The van der Waals surface area contributed by atoms with Crippen molar-refractivity contribution in [2.75, 3.05) is 0 Å². The summed E-state index contributed by atoms with van der Waals surface area (Å²) in [5.74, 6) is -1.42. The number of hydrogen-bond acceptors (Lipinski definition) is 4. The van der Waals surface area contributed by atoms with Crippen molar-refractivity contribution in [2.45, 2.75) is 12.7 Å². The summed E-state index contributed by atoms with van der Waals surface area (Å²) in [6, 6.07) is 6.39. The van der Waals surface area contributed by atoms with E-state index in [1.54, 1.807) is 0 Å². The fourth-order valence-electron chi connectivity index (χ4n) is 1.69. The van der Waals surface area contributed by atoms with Gasteiger partial charge in [-0.25, -0.2) is 4.79 Å². The molecule has 2 N–H and O–H groups in total. The quantitative estimate of drug-likeness (QED) is 0.882. The van der Waals surface area contributed by atoms with Crippen LogP contribution in [0, 0.1) is 0 Å². The molecule has 1 unspecified atom stereocenters. The summed E-state index contributed by atoms with van der Waals surface area (Å²) in [4.78, 5) is 10.9. The van der Waals surface area contributed by atoms with Crippen molar-refractivity contribution in [3.63, 3.8) is 0 Å². The van der Waals surface area contributed by atoms with Crippen LogP contribution in [-0.4, -0.2) is 22.8 Å². The molecule has 106 valence electrons. The Morgan fingerprint density at radius 1 is 1.20 bits per heavy atom. The highest BCUT2D eigenvalue weighted by atomic mass is 19.3. The predicted octanol–water partition coefficient (Wildman–Crippen LogP) is 2.66. The molecule has 5 nitrogen and oxygen atoms in total. The Morgan fingerprint density at radius 2 is 1.85 bits per heavy atom. The van der Waals surface area contributed by atoms with Crippen LogP contribution in [0.15, 0.2) is 41.0 Å². The lowest BCUT2D eigenvalue weighted by Crippen LogP contribution is -2.06. The monoisotopic (exact) mass is 284 g/mol. The fourth-order valence-corrected chi connectivity index (χ4v) is 1.69. The van der Waals surface area contributed by atoms with Crippen molar-refractivity contribution >= 4 is 5.97 Å². The molecule has 1 aromatic heterocycles. The molecule has 2 rings (SSSR count). The molecule has 0 fully saturated rings. The van der Waals surface area contributed by atoms with Gasteiger partial charge in [-0.2, -0.15) is 8.78 Å². The number of halogens is 2. The minimum atomic E-state index is -2.94. The van der Waals surface area contributed by atoms with E-state index < -0.39 is 18.7 Å². The van der Waals surface area contributed by atoms with Crippen LogP contribution in [0.4, 0.5) is 8.78 Å². The molecule has 0 aliphatic carbocycles. The fraction of sp³-hybridized carbons (Fsp3) is 0.154. The highest BCUT2D eigenvalue weighted by Gasteiger charge is 2.22. The van der Waals surface area contributed by atoms with Crippen LogP contribution >= 0.6 is 0 Å². The number of aliphatic hydroxyl groups excluding tert-OH is 1. The molecular weight excluding hydrogens is 274 g/mol. The van der Waals surface area contributed by atoms with Gasteiger partial charge < -0.3 is 19.4 Å². The third kappa shape index (κ3) is 2.94. The van der Waals surface area contributed by atoms with Crippen LogP contribution in [0.3, 0.4) is 0 Å². The summed E-state index contributed by atoms with van der Waals surface area (Å²) in [7, 11) is 0. The normalized spacial score (nSPS) is 12.4. The highest BCUT2D eigenvalue weighted by Crippen LogP contribution is 2.27. The van der Waals surface area contributed by atoms with E-state index in [1.807, 2.05) is 0 Å². The standard InChI is InChI=1S/C13H10F2O5/c14-13(15)20-8-3-1-7(2-4-8)10(16)11-9(12(17)18)5-6-19-11/h1-6,10,13,16H,(H,17,18). The molecule has 0 aliphatic heterocycles. The van der Waals surface area contributed by atoms with Gasteiger partial charge >= 0.3 is 12.6 Å². The average molecular weight is 284 g/mol. The second-order valence-electron chi connectivity index (χ2n) is 3.85. The van der Waals surface area contributed by atoms with Crippen LogP contribution in [0.5, 0.6) is 5.75 Å². The molecule has 7 heteroatoms. The van der Waals surface area contributed by atoms with Crippen molar-refractivity contribution < 1.29 is 32.9 Å². The summed E-state index contributed by atoms with van der Waals surface area (Å²) in [5, 5.41) is 19.0. The number of carboxylic acids is 1. The first-order valence-corrected chi connectivity index (χ1v) is 5.52. The summed E-state index contributed by atoms with van der Waals surface area (Å²) in [6.07, 6.45) is -0.160. The van der Waals surface area contributed by atoms with E-state index >= 15 is 0 Å². The maximum Gasteiger partial charge on any atom is 0.387 e. The van der Waals surface area contributed by atoms with Gasteiger partial charge in [0.05, 0.1) is 6.26 Å². The van der Waals surface area contributed by atoms with Crippen molar-refractivity contribution in [2.24, 2.45) is 0 Å². The maximum atomic E-state index is 12.0. The summed E-state index contributed by atoms with van der Waals surface area (Å²) < 4.78 is 33.1. The van der Waals surface area contributed by atoms with Gasteiger partial charge in [0.2, 0.25) is 0 Å². The Bertz CT molecular complexity index is 591. The lowest BCUT2D eigenvalue weighted by molar-refractivity contribution is -0.0498. The SMILES string of the molecule is O=C(O)c1ccoc1C(O)c1ccc(OC(F)F)cc1. The van der Waals surface area contributed by atoms with E-state index in [0.717, 1.165) is 6.26 Å². The zero-order valence-electron chi connectivity index (χ0n) is 9.99. The van der Waals surface area contributed by atoms with Gasteiger partial charge in [-0.05, 0) is 23.8 Å². The van der Waals surface area contributed by atoms with Gasteiger partial charge in [-0.1, -0.05) is 12.1 Å². The van der Waals surface area contributed by atoms with E-state index in [4.69, 9.17) is 9.52 Å². The molecule has 20 heavy (non-hydrogen) atoms. The molecule has 1 atom stereocenters. The van der Waals surface area contributed by atoms with Crippen LogP contribution in [0.25, 0.3) is 0 Å². The summed E-state index contributed by atoms with van der Waals surface area (Å²) >= 11 is 0. The molecule has 2 aromatic rings. The van der Waals surface area contributed by atoms with E-state index in [0.29, 0.717) is 5.56 Å². The largest absolute Gasteiger partial charge is 0.478 e. The minimum absolute atomic E-state index is 0.0612. The average Bonchev–Trinajstić information content (AvgIpc) is 2.87. The van der Waals surface area contributed by atoms with Crippen LogP contribution in [-0.2, 0) is 0 Å². The Hall–Kier alpha value is -2.41. The number of rotatable bonds is 5. The molecule has 1 heterocycles. The second-order valence-corrected chi connectivity index (χ2v) is 3.85. The molecule has 0 spiro atoms. The molecule has 1 aromatic carbocycles. The van der Waals surface area contributed by atoms with Crippen LogP contribution in [0.2, 0.25) is 0 Å². The highest BCUT2D eigenvalue weighted by molar-refractivity contribution is 5.88. The summed E-state index contributed by atoms with van der Waals surface area (Å²) in [6.45, 7) is -2.94. The lowest BCUT2D eigenvalue weighted by Gasteiger charge is -2.10. The molecule has 0 saturated heterocycles. The molecule has 0 radical (unpaired) electrons. The van der Waals surface area contributed by atoms with E-state index in [2.05, 4.69) is 4.74 Å². The van der Waals surface area contributed by atoms with Gasteiger partial charge in [-0.15, -0.1) is 0 Å². The second kappa shape index (κ2) is 5.70. The molecule has 0 amide bonds. The van der Waals surface area contributed by atoms with E-state index in [-0.39, 0.29) is 17.1 Å². The molecular formula is C13H10F2O5. The maximum absolute atomic E-state index is 12.0. The van der Waals surface area contributed by atoms with Crippen molar-refractivity contribution in [3.05, 3.63) is 53.5 Å². The van der Waals surface area contributed by atoms with Crippen molar-refractivity contribution in [1.82, 2.24) is 0 Å². The summed E-state index contributed by atoms with van der Waals surface area (Å²) in [5.41, 5.74) is 0.134. The number of aliphatic hydroxyl groups is 1. The number of carboxylic acid groups (broad SMARTS) is 1. The number of benzene rings is 1.